The van der Waals surface area contributed by atoms with Crippen LogP contribution in [0.2, 0.25) is 0 Å². The van der Waals surface area contributed by atoms with Crippen LogP contribution in [-0.4, -0.2) is 28.2 Å². The lowest BCUT2D eigenvalue weighted by Crippen LogP contribution is -2.21. The number of rotatable bonds is 5. The number of aliphatic hydroxyl groups excluding tert-OH is 1. The molecule has 5 N–H and O–H groups in total. The lowest BCUT2D eigenvalue weighted by molar-refractivity contribution is 0.244. The van der Waals surface area contributed by atoms with Crippen molar-refractivity contribution in [1.82, 2.24) is 9.97 Å². The number of nitrogens with one attached hydrogen (secondary N) is 2. The van der Waals surface area contributed by atoms with Gasteiger partial charge >= 0.3 is 0 Å². The molecule has 0 fully saturated rings. The predicted octanol–water partition coefficient (Wildman–Crippen LogP) is 1.10. The van der Waals surface area contributed by atoms with Crippen LogP contribution < -0.4 is 16.6 Å². The van der Waals surface area contributed by atoms with Crippen LogP contribution in [0.4, 0.5) is 11.6 Å². The first-order valence-electron chi connectivity index (χ1n) is 6.07. The number of hydrogen-bond acceptors (Lipinski definition) is 6. The van der Waals surface area contributed by atoms with Gasteiger partial charge in [-0.25, -0.2) is 15.8 Å². The Kier molecular flexibility index (Phi) is 4.86. The van der Waals surface area contributed by atoms with Gasteiger partial charge < -0.3 is 15.8 Å². The first-order chi connectivity index (χ1) is 8.36. The highest BCUT2D eigenvalue weighted by molar-refractivity contribution is 5.47. The minimum Gasteiger partial charge on any atom is -0.396 e. The molecule has 1 heterocycles. The molecule has 0 saturated heterocycles. The van der Waals surface area contributed by atoms with Crippen molar-refractivity contribution in [3.63, 3.8) is 0 Å². The number of nitrogens with two attached hydrogens (primary N) is 1. The van der Waals surface area contributed by atoms with E-state index >= 15 is 0 Å². The summed E-state index contributed by atoms with van der Waals surface area (Å²) in [6, 6.07) is 1.75. The fraction of sp³-hybridized carbons (Fsp3) is 0.667. The Morgan fingerprint density at radius 2 is 1.94 bits per heavy atom. The van der Waals surface area contributed by atoms with Crippen LogP contribution in [0, 0.1) is 5.92 Å². The number of nitrogen functional groups attached to an aromatic ring is 1. The van der Waals surface area contributed by atoms with E-state index in [1.54, 1.807) is 6.07 Å². The Hall–Kier alpha value is -1.40. The lowest BCUT2D eigenvalue weighted by atomic mass is 9.96. The summed E-state index contributed by atoms with van der Waals surface area (Å²) in [5.41, 5.74) is 2.39. The Labute approximate surface area is 108 Å². The quantitative estimate of drug-likeness (QED) is 0.463. The molecule has 1 atom stereocenters. The van der Waals surface area contributed by atoms with Gasteiger partial charge in [-0.05, 0) is 5.92 Å². The minimum atomic E-state index is -0.147. The molecule has 6 nitrogen and oxygen atoms in total. The van der Waals surface area contributed by atoms with Crippen molar-refractivity contribution < 1.29 is 5.11 Å². The molecule has 102 valence electrons. The first-order valence-corrected chi connectivity index (χ1v) is 6.07. The number of anilines is 2. The largest absolute Gasteiger partial charge is 0.396 e. The molecular formula is C12H23N5O. The monoisotopic (exact) mass is 253 g/mol. The highest BCUT2D eigenvalue weighted by Gasteiger charge is 2.19. The zero-order chi connectivity index (χ0) is 13.8. The van der Waals surface area contributed by atoms with Gasteiger partial charge in [0.2, 0.25) is 0 Å². The van der Waals surface area contributed by atoms with Crippen LogP contribution in [0.5, 0.6) is 0 Å². The molecule has 0 aliphatic rings. The molecule has 0 aromatic carbocycles. The number of hydrazine groups is 1. The SMILES string of the molecule is CC(CO)CNc1cc(NN)nc(C(C)(C)C)n1. The molecule has 0 amide bonds. The highest BCUT2D eigenvalue weighted by Crippen LogP contribution is 2.21. The van der Waals surface area contributed by atoms with E-state index in [4.69, 9.17) is 10.9 Å². The number of aliphatic hydroxyl groups is 1. The van der Waals surface area contributed by atoms with Crippen molar-refractivity contribution in [3.05, 3.63) is 11.9 Å². The van der Waals surface area contributed by atoms with E-state index < -0.39 is 0 Å². The molecule has 6 heteroatoms. The summed E-state index contributed by atoms with van der Waals surface area (Å²) in [7, 11) is 0. The van der Waals surface area contributed by atoms with Gasteiger partial charge in [0.15, 0.2) is 0 Å². The molecule has 1 rings (SSSR count). The Morgan fingerprint density at radius 1 is 1.33 bits per heavy atom. The van der Waals surface area contributed by atoms with Gasteiger partial charge in [-0.1, -0.05) is 27.7 Å². The molecule has 0 bridgehead atoms. The van der Waals surface area contributed by atoms with E-state index in [9.17, 15) is 0 Å². The third-order valence-corrected chi connectivity index (χ3v) is 2.49. The average molecular weight is 253 g/mol. The van der Waals surface area contributed by atoms with E-state index in [2.05, 4.69) is 20.7 Å². The Bertz CT molecular complexity index is 389. The maximum atomic E-state index is 8.99. The van der Waals surface area contributed by atoms with Crippen molar-refractivity contribution >= 4 is 11.6 Å². The molecule has 0 radical (unpaired) electrons. The second-order valence-electron chi connectivity index (χ2n) is 5.53. The summed E-state index contributed by atoms with van der Waals surface area (Å²) in [4.78, 5) is 8.79. The van der Waals surface area contributed by atoms with E-state index in [1.807, 2.05) is 27.7 Å². The molecule has 1 aromatic rings. The van der Waals surface area contributed by atoms with Gasteiger partial charge in [-0.15, -0.1) is 0 Å². The smallest absolute Gasteiger partial charge is 0.145 e. The van der Waals surface area contributed by atoms with Crippen molar-refractivity contribution in [2.45, 2.75) is 33.1 Å². The van der Waals surface area contributed by atoms with Crippen molar-refractivity contribution in [1.29, 1.82) is 0 Å². The topological polar surface area (TPSA) is 96.1 Å². The van der Waals surface area contributed by atoms with Crippen LogP contribution in [0.15, 0.2) is 6.07 Å². The fourth-order valence-electron chi connectivity index (χ4n) is 1.29. The summed E-state index contributed by atoms with van der Waals surface area (Å²) < 4.78 is 0. The predicted molar refractivity (Wildman–Crippen MR) is 73.3 cm³/mol. The number of aromatic nitrogens is 2. The van der Waals surface area contributed by atoms with Crippen LogP contribution in [0.3, 0.4) is 0 Å². The molecule has 0 saturated carbocycles. The summed E-state index contributed by atoms with van der Waals surface area (Å²) in [5.74, 6) is 7.59. The Balaban J connectivity index is 2.91. The average Bonchev–Trinajstić information content (AvgIpc) is 2.34. The number of nitrogens with zero attached hydrogens (tertiary/aromatic N) is 2. The summed E-state index contributed by atoms with van der Waals surface area (Å²) in [6.45, 7) is 8.89. The van der Waals surface area contributed by atoms with E-state index in [1.165, 1.54) is 0 Å². The minimum absolute atomic E-state index is 0.145. The zero-order valence-electron chi connectivity index (χ0n) is 11.5. The van der Waals surface area contributed by atoms with Gasteiger partial charge in [-0.2, -0.15) is 0 Å². The molecule has 1 aromatic heterocycles. The maximum Gasteiger partial charge on any atom is 0.145 e. The van der Waals surface area contributed by atoms with Gasteiger partial charge in [0.25, 0.3) is 0 Å². The second kappa shape index (κ2) is 5.97. The standard InChI is InChI=1S/C12H23N5O/c1-8(7-18)6-14-9-5-10(17-13)16-11(15-9)12(2,3)4/h5,8,18H,6-7,13H2,1-4H3,(H2,14,15,16,17). The second-order valence-corrected chi connectivity index (χ2v) is 5.53. The highest BCUT2D eigenvalue weighted by atomic mass is 16.3. The van der Waals surface area contributed by atoms with Gasteiger partial charge in [0, 0.05) is 24.6 Å². The zero-order valence-corrected chi connectivity index (χ0v) is 11.5. The third-order valence-electron chi connectivity index (χ3n) is 2.49. The van der Waals surface area contributed by atoms with Crippen molar-refractivity contribution in [3.8, 4) is 0 Å². The fourth-order valence-corrected chi connectivity index (χ4v) is 1.29. The van der Waals surface area contributed by atoms with Crippen molar-refractivity contribution in [2.24, 2.45) is 11.8 Å². The maximum absolute atomic E-state index is 8.99. The first kappa shape index (κ1) is 14.7. The lowest BCUT2D eigenvalue weighted by Gasteiger charge is -2.19. The van der Waals surface area contributed by atoms with Crippen LogP contribution in [0.25, 0.3) is 0 Å². The van der Waals surface area contributed by atoms with E-state index in [0.29, 0.717) is 18.2 Å². The normalized spacial score (nSPS) is 13.2. The van der Waals surface area contributed by atoms with Gasteiger partial charge in [0.05, 0.1) is 0 Å². The molecule has 0 aliphatic carbocycles. The van der Waals surface area contributed by atoms with E-state index in [0.717, 1.165) is 5.82 Å². The molecule has 0 spiro atoms. The molecular weight excluding hydrogens is 230 g/mol. The molecule has 1 unspecified atom stereocenters. The van der Waals surface area contributed by atoms with Gasteiger partial charge in [-0.3, -0.25) is 0 Å². The number of hydrogen-bond donors (Lipinski definition) is 4. The molecule has 0 aliphatic heterocycles. The van der Waals surface area contributed by atoms with Crippen LogP contribution in [-0.2, 0) is 5.41 Å². The summed E-state index contributed by atoms with van der Waals surface area (Å²) in [5, 5.41) is 12.2. The summed E-state index contributed by atoms with van der Waals surface area (Å²) in [6.07, 6.45) is 0. The van der Waals surface area contributed by atoms with Gasteiger partial charge in [0.1, 0.15) is 17.5 Å². The van der Waals surface area contributed by atoms with Crippen molar-refractivity contribution in [2.75, 3.05) is 23.9 Å². The summed E-state index contributed by atoms with van der Waals surface area (Å²) >= 11 is 0. The third kappa shape index (κ3) is 4.12. The van der Waals surface area contributed by atoms with Crippen LogP contribution >= 0.6 is 0 Å². The van der Waals surface area contributed by atoms with E-state index in [-0.39, 0.29) is 17.9 Å². The van der Waals surface area contributed by atoms with Crippen LogP contribution in [0.1, 0.15) is 33.5 Å². The molecule has 18 heavy (non-hydrogen) atoms. The Morgan fingerprint density at radius 3 is 2.44 bits per heavy atom.